The molecule has 0 aliphatic carbocycles. The lowest BCUT2D eigenvalue weighted by Gasteiger charge is -2.15. The summed E-state index contributed by atoms with van der Waals surface area (Å²) in [6, 6.07) is 17.3. The lowest BCUT2D eigenvalue weighted by atomic mass is 9.99. The maximum Gasteiger partial charge on any atom is 0.0187 e. The van der Waals surface area contributed by atoms with Crippen LogP contribution in [0.2, 0.25) is 0 Å². The Morgan fingerprint density at radius 2 is 1.62 bits per heavy atom. The Balaban J connectivity index is 2.08. The summed E-state index contributed by atoms with van der Waals surface area (Å²) in [5, 5.41) is 0.697. The summed E-state index contributed by atoms with van der Waals surface area (Å²) in [7, 11) is 0. The van der Waals surface area contributed by atoms with Crippen molar-refractivity contribution in [1.29, 1.82) is 0 Å². The standard InChI is InChI=1S/C19H25NS/c1-14(2)15(3)21-13-16-8-10-17(11-9-16)19-7-5-4-6-18(19)12-20/h4-11,14-15H,12-13,20H2,1-3H3. The minimum Gasteiger partial charge on any atom is -0.326 e. The molecule has 0 spiro atoms. The topological polar surface area (TPSA) is 26.0 Å². The van der Waals surface area contributed by atoms with Crippen LogP contribution < -0.4 is 5.73 Å². The van der Waals surface area contributed by atoms with E-state index >= 15 is 0 Å². The van der Waals surface area contributed by atoms with Crippen molar-refractivity contribution in [1.82, 2.24) is 0 Å². The minimum absolute atomic E-state index is 0.583. The van der Waals surface area contributed by atoms with Gasteiger partial charge >= 0.3 is 0 Å². The molecular weight excluding hydrogens is 274 g/mol. The van der Waals surface area contributed by atoms with Crippen LogP contribution in [-0.4, -0.2) is 5.25 Å². The molecule has 1 nitrogen and oxygen atoms in total. The average molecular weight is 299 g/mol. The van der Waals surface area contributed by atoms with Crippen molar-refractivity contribution >= 4 is 11.8 Å². The Morgan fingerprint density at radius 3 is 2.24 bits per heavy atom. The van der Waals surface area contributed by atoms with Crippen LogP contribution in [-0.2, 0) is 12.3 Å². The number of nitrogens with two attached hydrogens (primary N) is 1. The first-order valence-electron chi connectivity index (χ1n) is 7.60. The maximum atomic E-state index is 5.82. The van der Waals surface area contributed by atoms with Crippen LogP contribution in [0.1, 0.15) is 31.9 Å². The first-order valence-corrected chi connectivity index (χ1v) is 8.65. The van der Waals surface area contributed by atoms with Crippen LogP contribution in [0, 0.1) is 5.92 Å². The van der Waals surface area contributed by atoms with E-state index in [1.54, 1.807) is 0 Å². The van der Waals surface area contributed by atoms with Crippen LogP contribution in [0.25, 0.3) is 11.1 Å². The summed E-state index contributed by atoms with van der Waals surface area (Å²) < 4.78 is 0. The maximum absolute atomic E-state index is 5.82. The Bertz CT molecular complexity index is 560. The highest BCUT2D eigenvalue weighted by Gasteiger charge is 2.08. The van der Waals surface area contributed by atoms with E-state index in [1.807, 2.05) is 17.8 Å². The molecule has 1 unspecified atom stereocenters. The van der Waals surface area contributed by atoms with Crippen molar-refractivity contribution in [2.24, 2.45) is 11.7 Å². The molecule has 1 atom stereocenters. The van der Waals surface area contributed by atoms with Gasteiger partial charge in [-0.1, -0.05) is 69.3 Å². The van der Waals surface area contributed by atoms with Gasteiger partial charge in [0.05, 0.1) is 0 Å². The van der Waals surface area contributed by atoms with Crippen LogP contribution in [0.4, 0.5) is 0 Å². The van der Waals surface area contributed by atoms with E-state index in [0.29, 0.717) is 11.8 Å². The van der Waals surface area contributed by atoms with Crippen molar-refractivity contribution in [2.75, 3.05) is 0 Å². The zero-order chi connectivity index (χ0) is 15.2. The summed E-state index contributed by atoms with van der Waals surface area (Å²) in [5.74, 6) is 1.81. The van der Waals surface area contributed by atoms with Gasteiger partial charge in [0.2, 0.25) is 0 Å². The summed E-state index contributed by atoms with van der Waals surface area (Å²) in [6.45, 7) is 7.45. The number of rotatable bonds is 6. The molecular formula is C19H25NS. The van der Waals surface area contributed by atoms with Gasteiger partial charge in [-0.2, -0.15) is 11.8 Å². The van der Waals surface area contributed by atoms with Crippen molar-refractivity contribution in [3.8, 4) is 11.1 Å². The monoisotopic (exact) mass is 299 g/mol. The third-order valence-electron chi connectivity index (χ3n) is 3.95. The Kier molecular flexibility index (Phi) is 5.89. The van der Waals surface area contributed by atoms with Crippen molar-refractivity contribution in [2.45, 2.75) is 38.3 Å². The molecule has 0 amide bonds. The fourth-order valence-electron chi connectivity index (χ4n) is 2.18. The summed E-state index contributed by atoms with van der Waals surface area (Å²) >= 11 is 2.03. The first kappa shape index (κ1) is 16.1. The second kappa shape index (κ2) is 7.67. The van der Waals surface area contributed by atoms with Gasteiger partial charge < -0.3 is 5.73 Å². The van der Waals surface area contributed by atoms with Crippen molar-refractivity contribution in [3.63, 3.8) is 0 Å². The highest BCUT2D eigenvalue weighted by Crippen LogP contribution is 2.27. The fraction of sp³-hybridized carbons (Fsp3) is 0.368. The molecule has 0 aromatic heterocycles. The van der Waals surface area contributed by atoms with Crippen LogP contribution >= 0.6 is 11.8 Å². The predicted octanol–water partition coefficient (Wildman–Crippen LogP) is 5.09. The van der Waals surface area contributed by atoms with Crippen molar-refractivity contribution in [3.05, 3.63) is 59.7 Å². The van der Waals surface area contributed by atoms with Gasteiger partial charge in [-0.25, -0.2) is 0 Å². The van der Waals surface area contributed by atoms with Gasteiger partial charge in [-0.3, -0.25) is 0 Å². The van der Waals surface area contributed by atoms with Gasteiger partial charge in [0.25, 0.3) is 0 Å². The smallest absolute Gasteiger partial charge is 0.0187 e. The molecule has 2 heteroatoms. The molecule has 0 heterocycles. The third kappa shape index (κ3) is 4.36. The Labute approximate surface area is 133 Å². The molecule has 112 valence electrons. The van der Waals surface area contributed by atoms with E-state index in [2.05, 4.69) is 63.2 Å². The molecule has 0 fully saturated rings. The second-order valence-electron chi connectivity index (χ2n) is 5.82. The molecule has 0 aliphatic heterocycles. The third-order valence-corrected chi connectivity index (χ3v) is 5.52. The molecule has 0 saturated heterocycles. The van der Waals surface area contributed by atoms with Gasteiger partial charge in [0, 0.05) is 17.5 Å². The summed E-state index contributed by atoms with van der Waals surface area (Å²) in [6.07, 6.45) is 0. The van der Waals surface area contributed by atoms with Crippen LogP contribution in [0.3, 0.4) is 0 Å². The number of thioether (sulfide) groups is 1. The highest BCUT2D eigenvalue weighted by atomic mass is 32.2. The molecule has 0 bridgehead atoms. The van der Waals surface area contributed by atoms with E-state index in [0.717, 1.165) is 11.7 Å². The average Bonchev–Trinajstić information content (AvgIpc) is 2.53. The van der Waals surface area contributed by atoms with E-state index in [1.165, 1.54) is 22.3 Å². The van der Waals surface area contributed by atoms with Gasteiger partial charge in [0.15, 0.2) is 0 Å². The number of hydrogen-bond acceptors (Lipinski definition) is 2. The van der Waals surface area contributed by atoms with Crippen LogP contribution in [0.5, 0.6) is 0 Å². The van der Waals surface area contributed by atoms with Crippen LogP contribution in [0.15, 0.2) is 48.5 Å². The molecule has 0 aliphatic rings. The highest BCUT2D eigenvalue weighted by molar-refractivity contribution is 7.99. The number of hydrogen-bond donors (Lipinski definition) is 1. The first-order chi connectivity index (χ1) is 10.1. The molecule has 2 rings (SSSR count). The largest absolute Gasteiger partial charge is 0.326 e. The molecule has 21 heavy (non-hydrogen) atoms. The van der Waals surface area contributed by atoms with E-state index < -0.39 is 0 Å². The Hall–Kier alpha value is -1.25. The lowest BCUT2D eigenvalue weighted by Crippen LogP contribution is -2.05. The molecule has 2 aromatic rings. The van der Waals surface area contributed by atoms with Crippen molar-refractivity contribution < 1.29 is 0 Å². The number of benzene rings is 2. The normalized spacial score (nSPS) is 12.6. The molecule has 0 radical (unpaired) electrons. The molecule has 2 N–H and O–H groups in total. The summed E-state index contributed by atoms with van der Waals surface area (Å²) in [4.78, 5) is 0. The lowest BCUT2D eigenvalue weighted by molar-refractivity contribution is 0.642. The Morgan fingerprint density at radius 1 is 0.952 bits per heavy atom. The summed E-state index contributed by atoms with van der Waals surface area (Å²) in [5.41, 5.74) is 10.9. The predicted molar refractivity (Wildman–Crippen MR) is 95.4 cm³/mol. The van der Waals surface area contributed by atoms with Gasteiger partial charge in [-0.15, -0.1) is 0 Å². The zero-order valence-electron chi connectivity index (χ0n) is 13.2. The van der Waals surface area contributed by atoms with E-state index in [-0.39, 0.29) is 0 Å². The molecule has 0 saturated carbocycles. The fourth-order valence-corrected chi connectivity index (χ4v) is 3.21. The molecule has 2 aromatic carbocycles. The zero-order valence-corrected chi connectivity index (χ0v) is 14.0. The second-order valence-corrected chi connectivity index (χ2v) is 7.18. The van der Waals surface area contributed by atoms with Gasteiger partial charge in [0.1, 0.15) is 0 Å². The van der Waals surface area contributed by atoms with E-state index in [4.69, 9.17) is 5.73 Å². The SMILES string of the molecule is CC(C)C(C)SCc1ccc(-c2ccccc2CN)cc1. The van der Waals surface area contributed by atoms with Gasteiger partial charge in [-0.05, 0) is 28.2 Å². The van der Waals surface area contributed by atoms with E-state index in [9.17, 15) is 0 Å². The quantitative estimate of drug-likeness (QED) is 0.804. The minimum atomic E-state index is 0.583.